The number of nitrogens with zero attached hydrogens (tertiary/aromatic N) is 1. The number of benzene rings is 2. The van der Waals surface area contributed by atoms with Crippen LogP contribution in [0, 0.1) is 10.1 Å². The monoisotopic (exact) mass is 292 g/mol. The van der Waals surface area contributed by atoms with Gasteiger partial charge >= 0.3 is 0 Å². The summed E-state index contributed by atoms with van der Waals surface area (Å²) in [4.78, 5) is 22.0. The number of non-ortho nitro benzene ring substituents is 1. The Morgan fingerprint density at radius 3 is 2.60 bits per heavy atom. The number of rotatable bonds is 3. The van der Waals surface area contributed by atoms with Crippen molar-refractivity contribution < 1.29 is 14.8 Å². The molecule has 0 aliphatic heterocycles. The first-order valence-electron chi connectivity index (χ1n) is 5.52. The zero-order valence-electron chi connectivity index (χ0n) is 10.0. The van der Waals surface area contributed by atoms with Gasteiger partial charge in [-0.15, -0.1) is 0 Å². The Balaban J connectivity index is 2.32. The highest BCUT2D eigenvalue weighted by molar-refractivity contribution is 6.33. The Bertz CT molecular complexity index is 688. The topological polar surface area (TPSA) is 92.5 Å². The van der Waals surface area contributed by atoms with Crippen molar-refractivity contribution in [3.63, 3.8) is 0 Å². The SMILES string of the molecule is O=C(Nc1ccccc1Cl)c1cc([N+](=O)[O-])ccc1O. The smallest absolute Gasteiger partial charge is 0.270 e. The van der Waals surface area contributed by atoms with E-state index in [-0.39, 0.29) is 17.0 Å². The van der Waals surface area contributed by atoms with Gasteiger partial charge in [0.25, 0.3) is 11.6 Å². The first-order chi connectivity index (χ1) is 9.49. The minimum Gasteiger partial charge on any atom is -0.507 e. The Morgan fingerprint density at radius 2 is 1.95 bits per heavy atom. The van der Waals surface area contributed by atoms with Crippen molar-refractivity contribution in [2.24, 2.45) is 0 Å². The minimum absolute atomic E-state index is 0.195. The quantitative estimate of drug-likeness (QED) is 0.671. The molecule has 7 heteroatoms. The Morgan fingerprint density at radius 1 is 1.25 bits per heavy atom. The number of hydrogen-bond donors (Lipinski definition) is 2. The van der Waals surface area contributed by atoms with Gasteiger partial charge in [0, 0.05) is 12.1 Å². The Kier molecular flexibility index (Phi) is 3.86. The maximum atomic E-state index is 12.0. The fourth-order valence-electron chi connectivity index (χ4n) is 1.57. The van der Waals surface area contributed by atoms with Gasteiger partial charge in [0.15, 0.2) is 0 Å². The molecule has 0 saturated heterocycles. The number of carbonyl (C=O) groups excluding carboxylic acids is 1. The molecule has 6 nitrogen and oxygen atoms in total. The molecule has 0 saturated carbocycles. The molecule has 2 aromatic carbocycles. The summed E-state index contributed by atoms with van der Waals surface area (Å²) in [7, 11) is 0. The summed E-state index contributed by atoms with van der Waals surface area (Å²) in [5.41, 5.74) is -0.128. The molecule has 2 rings (SSSR count). The van der Waals surface area contributed by atoms with E-state index in [2.05, 4.69) is 5.32 Å². The molecule has 2 aromatic rings. The molecule has 0 unspecified atom stereocenters. The van der Waals surface area contributed by atoms with Crippen LogP contribution in [0.25, 0.3) is 0 Å². The van der Waals surface area contributed by atoms with E-state index in [9.17, 15) is 20.0 Å². The average Bonchev–Trinajstić information content (AvgIpc) is 2.41. The van der Waals surface area contributed by atoms with Crippen LogP contribution >= 0.6 is 11.6 Å². The predicted molar refractivity (Wildman–Crippen MR) is 74.2 cm³/mol. The molecule has 0 bridgehead atoms. The summed E-state index contributed by atoms with van der Waals surface area (Å²) in [6, 6.07) is 9.75. The van der Waals surface area contributed by atoms with Crippen LogP contribution in [0.15, 0.2) is 42.5 Å². The molecule has 0 radical (unpaired) electrons. The predicted octanol–water partition coefficient (Wildman–Crippen LogP) is 3.21. The third-order valence-electron chi connectivity index (χ3n) is 2.56. The van der Waals surface area contributed by atoms with Gasteiger partial charge in [-0.2, -0.15) is 0 Å². The summed E-state index contributed by atoms with van der Waals surface area (Å²) in [6.07, 6.45) is 0. The van der Waals surface area contributed by atoms with E-state index in [4.69, 9.17) is 11.6 Å². The summed E-state index contributed by atoms with van der Waals surface area (Å²) in [6.45, 7) is 0. The number of nitrogens with one attached hydrogen (secondary N) is 1. The van der Waals surface area contributed by atoms with Gasteiger partial charge in [0.05, 0.1) is 21.2 Å². The maximum Gasteiger partial charge on any atom is 0.270 e. The van der Waals surface area contributed by atoms with Crippen molar-refractivity contribution in [2.75, 3.05) is 5.32 Å². The lowest BCUT2D eigenvalue weighted by Gasteiger charge is -2.08. The van der Waals surface area contributed by atoms with Crippen LogP contribution in [0.2, 0.25) is 5.02 Å². The molecule has 0 atom stereocenters. The van der Waals surface area contributed by atoms with Gasteiger partial charge in [-0.25, -0.2) is 0 Å². The molecule has 0 fully saturated rings. The van der Waals surface area contributed by atoms with E-state index in [1.165, 1.54) is 0 Å². The standard InChI is InChI=1S/C13H9ClN2O4/c14-10-3-1-2-4-11(10)15-13(18)9-7-8(16(19)20)5-6-12(9)17/h1-7,17H,(H,15,18). The second-order valence-electron chi connectivity index (χ2n) is 3.89. The van der Waals surface area contributed by atoms with Gasteiger partial charge in [0.2, 0.25) is 0 Å². The van der Waals surface area contributed by atoms with Crippen molar-refractivity contribution in [3.05, 3.63) is 63.2 Å². The number of anilines is 1. The molecule has 0 heterocycles. The average molecular weight is 293 g/mol. The van der Waals surface area contributed by atoms with E-state index in [1.54, 1.807) is 24.3 Å². The molecule has 0 aromatic heterocycles. The zero-order valence-corrected chi connectivity index (χ0v) is 10.8. The molecule has 0 spiro atoms. The third kappa shape index (κ3) is 2.86. The Hall–Kier alpha value is -2.60. The van der Waals surface area contributed by atoms with E-state index >= 15 is 0 Å². The molecule has 1 amide bonds. The Labute approximate surface area is 118 Å². The number of nitro groups is 1. The fraction of sp³-hybridized carbons (Fsp3) is 0. The van der Waals surface area contributed by atoms with Crippen molar-refractivity contribution in [1.82, 2.24) is 0 Å². The number of phenolic OH excluding ortho intramolecular Hbond substituents is 1. The summed E-state index contributed by atoms with van der Waals surface area (Å²) >= 11 is 5.89. The lowest BCUT2D eigenvalue weighted by molar-refractivity contribution is -0.384. The number of aromatic hydroxyl groups is 1. The zero-order chi connectivity index (χ0) is 14.7. The summed E-state index contributed by atoms with van der Waals surface area (Å²) < 4.78 is 0. The van der Waals surface area contributed by atoms with Gasteiger partial charge in [-0.3, -0.25) is 14.9 Å². The normalized spacial score (nSPS) is 10.1. The molecule has 2 N–H and O–H groups in total. The molecule has 20 heavy (non-hydrogen) atoms. The molecule has 0 aliphatic rings. The maximum absolute atomic E-state index is 12.0. The van der Waals surface area contributed by atoms with Crippen LogP contribution in [-0.2, 0) is 0 Å². The van der Waals surface area contributed by atoms with Crippen LogP contribution in [0.5, 0.6) is 5.75 Å². The minimum atomic E-state index is -0.681. The van der Waals surface area contributed by atoms with E-state index in [0.29, 0.717) is 10.7 Å². The first-order valence-corrected chi connectivity index (χ1v) is 5.90. The third-order valence-corrected chi connectivity index (χ3v) is 2.89. The fourth-order valence-corrected chi connectivity index (χ4v) is 1.75. The van der Waals surface area contributed by atoms with Crippen LogP contribution in [0.3, 0.4) is 0 Å². The number of carbonyl (C=O) groups is 1. The number of para-hydroxylation sites is 1. The van der Waals surface area contributed by atoms with Gasteiger partial charge in [-0.1, -0.05) is 23.7 Å². The van der Waals surface area contributed by atoms with Gasteiger partial charge in [-0.05, 0) is 18.2 Å². The van der Waals surface area contributed by atoms with Crippen molar-refractivity contribution >= 4 is 28.9 Å². The molecular weight excluding hydrogens is 284 g/mol. The molecule has 102 valence electrons. The number of hydrogen-bond acceptors (Lipinski definition) is 4. The van der Waals surface area contributed by atoms with Gasteiger partial charge in [0.1, 0.15) is 5.75 Å². The van der Waals surface area contributed by atoms with Gasteiger partial charge < -0.3 is 10.4 Å². The van der Waals surface area contributed by atoms with E-state index < -0.39 is 10.8 Å². The first kappa shape index (κ1) is 13.8. The van der Waals surface area contributed by atoms with E-state index in [0.717, 1.165) is 18.2 Å². The second-order valence-corrected chi connectivity index (χ2v) is 4.30. The summed E-state index contributed by atoms with van der Waals surface area (Å²) in [5.74, 6) is -1.03. The summed E-state index contributed by atoms with van der Waals surface area (Å²) in [5, 5.41) is 23.1. The largest absolute Gasteiger partial charge is 0.507 e. The van der Waals surface area contributed by atoms with Crippen LogP contribution in [0.4, 0.5) is 11.4 Å². The number of amides is 1. The highest BCUT2D eigenvalue weighted by Gasteiger charge is 2.17. The number of phenols is 1. The molecule has 0 aliphatic carbocycles. The van der Waals surface area contributed by atoms with Crippen molar-refractivity contribution in [3.8, 4) is 5.75 Å². The van der Waals surface area contributed by atoms with Crippen molar-refractivity contribution in [2.45, 2.75) is 0 Å². The van der Waals surface area contributed by atoms with Crippen LogP contribution < -0.4 is 5.32 Å². The van der Waals surface area contributed by atoms with Crippen molar-refractivity contribution in [1.29, 1.82) is 0 Å². The van der Waals surface area contributed by atoms with Crippen LogP contribution in [-0.4, -0.2) is 15.9 Å². The number of halogens is 1. The number of nitro benzene ring substituents is 1. The highest BCUT2D eigenvalue weighted by Crippen LogP contribution is 2.26. The highest BCUT2D eigenvalue weighted by atomic mass is 35.5. The van der Waals surface area contributed by atoms with Crippen LogP contribution in [0.1, 0.15) is 10.4 Å². The second kappa shape index (κ2) is 5.58. The van der Waals surface area contributed by atoms with E-state index in [1.807, 2.05) is 0 Å². The lowest BCUT2D eigenvalue weighted by Crippen LogP contribution is -2.12. The molecular formula is C13H9ClN2O4. The lowest BCUT2D eigenvalue weighted by atomic mass is 10.1.